The van der Waals surface area contributed by atoms with Crippen LogP contribution in [-0.4, -0.2) is 6.61 Å². The van der Waals surface area contributed by atoms with E-state index in [4.69, 9.17) is 4.74 Å². The molecule has 0 aromatic heterocycles. The van der Waals surface area contributed by atoms with Gasteiger partial charge < -0.3 is 10.1 Å². The number of hydrogen-bond acceptors (Lipinski definition) is 2. The normalized spacial score (nSPS) is 17.4. The van der Waals surface area contributed by atoms with Gasteiger partial charge in [0.25, 0.3) is 0 Å². The van der Waals surface area contributed by atoms with Crippen LogP contribution in [0, 0.1) is 0 Å². The maximum atomic E-state index is 5.70. The fourth-order valence-corrected chi connectivity index (χ4v) is 2.66. The second-order valence-corrected chi connectivity index (χ2v) is 5.65. The first-order valence-corrected chi connectivity index (χ1v) is 7.32. The largest absolute Gasteiger partial charge is 0.493 e. The van der Waals surface area contributed by atoms with Gasteiger partial charge in [0.15, 0.2) is 0 Å². The Balaban J connectivity index is 1.78. The Morgan fingerprint density at radius 3 is 2.55 bits per heavy atom. The van der Waals surface area contributed by atoms with Crippen LogP contribution >= 0.6 is 0 Å². The summed E-state index contributed by atoms with van der Waals surface area (Å²) >= 11 is 0. The lowest BCUT2D eigenvalue weighted by atomic mass is 9.99. The Labute approximate surface area is 120 Å². The summed E-state index contributed by atoms with van der Waals surface area (Å²) in [7, 11) is 0. The number of nitrogens with one attached hydrogen (secondary N) is 1. The van der Waals surface area contributed by atoms with Crippen LogP contribution in [-0.2, 0) is 0 Å². The van der Waals surface area contributed by atoms with E-state index in [9.17, 15) is 0 Å². The van der Waals surface area contributed by atoms with Gasteiger partial charge in [-0.05, 0) is 29.7 Å². The van der Waals surface area contributed by atoms with Crippen molar-refractivity contribution in [2.45, 2.75) is 32.2 Å². The van der Waals surface area contributed by atoms with Gasteiger partial charge in [-0.1, -0.05) is 44.2 Å². The van der Waals surface area contributed by atoms with Gasteiger partial charge in [0.1, 0.15) is 5.75 Å². The molecule has 1 aliphatic heterocycles. The Morgan fingerprint density at radius 1 is 1.05 bits per heavy atom. The van der Waals surface area contributed by atoms with Gasteiger partial charge in [0.2, 0.25) is 0 Å². The molecular weight excluding hydrogens is 246 g/mol. The molecule has 2 aromatic rings. The molecule has 0 bridgehead atoms. The number of ether oxygens (including phenoxy) is 1. The van der Waals surface area contributed by atoms with E-state index in [2.05, 4.69) is 55.6 Å². The highest BCUT2D eigenvalue weighted by Crippen LogP contribution is 2.34. The lowest BCUT2D eigenvalue weighted by Gasteiger charge is -2.27. The minimum absolute atomic E-state index is 0.338. The van der Waals surface area contributed by atoms with Crippen molar-refractivity contribution in [3.63, 3.8) is 0 Å². The summed E-state index contributed by atoms with van der Waals surface area (Å²) in [6.07, 6.45) is 1.00. The van der Waals surface area contributed by atoms with Crippen LogP contribution in [0.5, 0.6) is 5.75 Å². The maximum absolute atomic E-state index is 5.70. The topological polar surface area (TPSA) is 21.3 Å². The third-order valence-electron chi connectivity index (χ3n) is 3.88. The molecule has 104 valence electrons. The number of hydrogen-bond donors (Lipinski definition) is 1. The van der Waals surface area contributed by atoms with Gasteiger partial charge in [-0.3, -0.25) is 0 Å². The predicted molar refractivity (Wildman–Crippen MR) is 83.4 cm³/mol. The SMILES string of the molecule is CC(C)c1ccc(NC2CCOc3ccccc32)cc1. The van der Waals surface area contributed by atoms with Gasteiger partial charge in [0, 0.05) is 17.7 Å². The molecule has 0 fully saturated rings. The molecule has 0 saturated heterocycles. The molecule has 0 amide bonds. The number of para-hydroxylation sites is 1. The van der Waals surface area contributed by atoms with Gasteiger partial charge in [-0.25, -0.2) is 0 Å². The summed E-state index contributed by atoms with van der Waals surface area (Å²) in [4.78, 5) is 0. The third-order valence-corrected chi connectivity index (χ3v) is 3.88. The summed E-state index contributed by atoms with van der Waals surface area (Å²) in [6.45, 7) is 5.22. The van der Waals surface area contributed by atoms with Crippen LogP contribution in [0.15, 0.2) is 48.5 Å². The van der Waals surface area contributed by atoms with E-state index in [1.54, 1.807) is 0 Å². The Morgan fingerprint density at radius 2 is 1.80 bits per heavy atom. The van der Waals surface area contributed by atoms with E-state index in [1.807, 2.05) is 12.1 Å². The lowest BCUT2D eigenvalue weighted by Crippen LogP contribution is -2.20. The van der Waals surface area contributed by atoms with Crippen molar-refractivity contribution < 1.29 is 4.74 Å². The fraction of sp³-hybridized carbons (Fsp3) is 0.333. The average molecular weight is 267 g/mol. The zero-order valence-electron chi connectivity index (χ0n) is 12.1. The van der Waals surface area contributed by atoms with E-state index in [1.165, 1.54) is 16.8 Å². The predicted octanol–water partition coefficient (Wildman–Crippen LogP) is 4.75. The molecule has 1 heterocycles. The molecule has 1 atom stereocenters. The first kappa shape index (κ1) is 13.0. The number of anilines is 1. The van der Waals surface area contributed by atoms with E-state index in [-0.39, 0.29) is 0 Å². The Hall–Kier alpha value is -1.96. The van der Waals surface area contributed by atoms with Crippen LogP contribution in [0.3, 0.4) is 0 Å². The van der Waals surface area contributed by atoms with Gasteiger partial charge in [-0.2, -0.15) is 0 Å². The molecular formula is C18H21NO. The van der Waals surface area contributed by atoms with E-state index >= 15 is 0 Å². The monoisotopic (exact) mass is 267 g/mol. The van der Waals surface area contributed by atoms with E-state index in [0.717, 1.165) is 18.8 Å². The maximum Gasteiger partial charge on any atom is 0.124 e. The molecule has 2 aromatic carbocycles. The fourth-order valence-electron chi connectivity index (χ4n) is 2.66. The first-order chi connectivity index (χ1) is 9.74. The minimum Gasteiger partial charge on any atom is -0.493 e. The van der Waals surface area contributed by atoms with Crippen molar-refractivity contribution in [3.05, 3.63) is 59.7 Å². The molecule has 0 spiro atoms. The van der Waals surface area contributed by atoms with Gasteiger partial charge >= 0.3 is 0 Å². The zero-order chi connectivity index (χ0) is 13.9. The highest BCUT2D eigenvalue weighted by Gasteiger charge is 2.20. The summed E-state index contributed by atoms with van der Waals surface area (Å²) < 4.78 is 5.70. The van der Waals surface area contributed by atoms with Crippen molar-refractivity contribution in [2.24, 2.45) is 0 Å². The highest BCUT2D eigenvalue weighted by molar-refractivity contribution is 5.49. The second-order valence-electron chi connectivity index (χ2n) is 5.65. The summed E-state index contributed by atoms with van der Waals surface area (Å²) in [5, 5.41) is 3.62. The molecule has 0 aliphatic carbocycles. The molecule has 1 aliphatic rings. The van der Waals surface area contributed by atoms with Crippen molar-refractivity contribution >= 4 is 5.69 Å². The number of fused-ring (bicyclic) bond motifs is 1. The van der Waals surface area contributed by atoms with Gasteiger partial charge in [-0.15, -0.1) is 0 Å². The summed E-state index contributed by atoms with van der Waals surface area (Å²) in [5.41, 5.74) is 3.81. The number of benzene rings is 2. The average Bonchev–Trinajstić information content (AvgIpc) is 2.48. The van der Waals surface area contributed by atoms with E-state index < -0.39 is 0 Å². The molecule has 3 rings (SSSR count). The van der Waals surface area contributed by atoms with Crippen molar-refractivity contribution in [1.82, 2.24) is 0 Å². The van der Waals surface area contributed by atoms with Crippen molar-refractivity contribution in [3.8, 4) is 5.75 Å². The molecule has 0 saturated carbocycles. The molecule has 20 heavy (non-hydrogen) atoms. The standard InChI is InChI=1S/C18H21NO/c1-13(2)14-7-9-15(10-8-14)19-17-11-12-20-18-6-4-3-5-16(17)18/h3-10,13,17,19H,11-12H2,1-2H3. The van der Waals surface area contributed by atoms with Crippen LogP contribution in [0.25, 0.3) is 0 Å². The number of rotatable bonds is 3. The van der Waals surface area contributed by atoms with Crippen LogP contribution in [0.2, 0.25) is 0 Å². The highest BCUT2D eigenvalue weighted by atomic mass is 16.5. The zero-order valence-corrected chi connectivity index (χ0v) is 12.1. The quantitative estimate of drug-likeness (QED) is 0.866. The van der Waals surface area contributed by atoms with Crippen molar-refractivity contribution in [2.75, 3.05) is 11.9 Å². The first-order valence-electron chi connectivity index (χ1n) is 7.32. The lowest BCUT2D eigenvalue weighted by molar-refractivity contribution is 0.274. The van der Waals surface area contributed by atoms with Crippen LogP contribution in [0.4, 0.5) is 5.69 Å². The van der Waals surface area contributed by atoms with Crippen LogP contribution in [0.1, 0.15) is 43.4 Å². The summed E-state index contributed by atoms with van der Waals surface area (Å²) in [5.74, 6) is 1.59. The molecule has 2 heteroatoms. The van der Waals surface area contributed by atoms with Crippen LogP contribution < -0.4 is 10.1 Å². The Kier molecular flexibility index (Phi) is 3.64. The Bertz CT molecular complexity index is 574. The molecule has 1 N–H and O–H groups in total. The second kappa shape index (κ2) is 5.58. The molecule has 0 radical (unpaired) electrons. The molecule has 2 nitrogen and oxygen atoms in total. The smallest absolute Gasteiger partial charge is 0.124 e. The molecule has 1 unspecified atom stereocenters. The van der Waals surface area contributed by atoms with Crippen molar-refractivity contribution in [1.29, 1.82) is 0 Å². The van der Waals surface area contributed by atoms with Gasteiger partial charge in [0.05, 0.1) is 12.6 Å². The summed E-state index contributed by atoms with van der Waals surface area (Å²) in [6, 6.07) is 17.4. The third kappa shape index (κ3) is 2.64. The van der Waals surface area contributed by atoms with E-state index in [0.29, 0.717) is 12.0 Å². The minimum atomic E-state index is 0.338.